The Bertz CT molecular complexity index is 851. The quantitative estimate of drug-likeness (QED) is 0.867. The molecule has 0 radical (unpaired) electrons. The molecule has 0 saturated heterocycles. The summed E-state index contributed by atoms with van der Waals surface area (Å²) in [5.74, 6) is 0.0191. The molecule has 0 bridgehead atoms. The van der Waals surface area contributed by atoms with Crippen LogP contribution in [-0.4, -0.2) is 27.4 Å². The van der Waals surface area contributed by atoms with Gasteiger partial charge in [0.05, 0.1) is 5.69 Å². The lowest BCUT2D eigenvalue weighted by Gasteiger charge is -2.17. The molecule has 26 heavy (non-hydrogen) atoms. The molecule has 0 spiro atoms. The fraction of sp³-hybridized carbons (Fsp3) is 0.450. The molecule has 0 unspecified atom stereocenters. The molecule has 1 fully saturated rings. The molecule has 1 aliphatic heterocycles. The molecule has 2 N–H and O–H groups in total. The molecular weight excluding hydrogens is 328 g/mol. The first-order chi connectivity index (χ1) is 12.6. The molecule has 6 heteroatoms. The molecule has 4 rings (SSSR count). The summed E-state index contributed by atoms with van der Waals surface area (Å²) >= 11 is 0. The number of rotatable bonds is 5. The van der Waals surface area contributed by atoms with Crippen LogP contribution in [0, 0.1) is 6.92 Å². The predicted molar refractivity (Wildman–Crippen MR) is 98.0 cm³/mol. The zero-order valence-electron chi connectivity index (χ0n) is 15.0. The van der Waals surface area contributed by atoms with Gasteiger partial charge in [0.15, 0.2) is 5.82 Å². The lowest BCUT2D eigenvalue weighted by atomic mass is 10.1. The minimum Gasteiger partial charge on any atom is -0.347 e. The molecule has 1 aliphatic carbocycles. The smallest absolute Gasteiger partial charge is 0.287 e. The van der Waals surface area contributed by atoms with E-state index in [1.165, 1.54) is 0 Å². The van der Waals surface area contributed by atoms with Gasteiger partial charge in [-0.05, 0) is 50.2 Å². The van der Waals surface area contributed by atoms with Gasteiger partial charge in [-0.1, -0.05) is 24.3 Å². The van der Waals surface area contributed by atoms with Crippen molar-refractivity contribution in [1.82, 2.24) is 20.2 Å². The van der Waals surface area contributed by atoms with E-state index in [4.69, 9.17) is 0 Å². The number of imidazole rings is 1. The van der Waals surface area contributed by atoms with Crippen LogP contribution in [0.5, 0.6) is 0 Å². The van der Waals surface area contributed by atoms with Gasteiger partial charge in [-0.2, -0.15) is 0 Å². The molecule has 0 atom stereocenters. The maximum atomic E-state index is 12.8. The van der Waals surface area contributed by atoms with Crippen LogP contribution in [-0.2, 0) is 19.5 Å². The van der Waals surface area contributed by atoms with E-state index in [0.717, 1.165) is 55.5 Å². The fourth-order valence-corrected chi connectivity index (χ4v) is 3.44. The number of amides is 2. The van der Waals surface area contributed by atoms with Crippen LogP contribution in [0.2, 0.25) is 0 Å². The van der Waals surface area contributed by atoms with Crippen molar-refractivity contribution < 1.29 is 9.59 Å². The zero-order valence-corrected chi connectivity index (χ0v) is 15.0. The molecule has 2 heterocycles. The molecule has 1 saturated carbocycles. The first-order valence-electron chi connectivity index (χ1n) is 9.36. The maximum Gasteiger partial charge on any atom is 0.287 e. The number of nitrogens with one attached hydrogen (secondary N) is 2. The Balaban J connectivity index is 1.55. The summed E-state index contributed by atoms with van der Waals surface area (Å²) in [6.07, 6.45) is 4.88. The van der Waals surface area contributed by atoms with E-state index in [-0.39, 0.29) is 17.9 Å². The third-order valence-corrected chi connectivity index (χ3v) is 5.15. The SMILES string of the molecule is Cc1ccccc1CNC(=O)c1nc(C(=O)NC2CC2)n2c1CCCC2. The van der Waals surface area contributed by atoms with E-state index >= 15 is 0 Å². The third kappa shape index (κ3) is 3.36. The normalized spacial score (nSPS) is 16.0. The summed E-state index contributed by atoms with van der Waals surface area (Å²) in [7, 11) is 0. The summed E-state index contributed by atoms with van der Waals surface area (Å²) in [4.78, 5) is 29.7. The first kappa shape index (κ1) is 16.8. The second-order valence-corrected chi connectivity index (χ2v) is 7.20. The second kappa shape index (κ2) is 6.94. The van der Waals surface area contributed by atoms with Crippen LogP contribution < -0.4 is 10.6 Å². The van der Waals surface area contributed by atoms with Crippen molar-refractivity contribution in [3.05, 3.63) is 52.6 Å². The van der Waals surface area contributed by atoms with Gasteiger partial charge in [0.2, 0.25) is 0 Å². The van der Waals surface area contributed by atoms with E-state index < -0.39 is 0 Å². The minimum atomic E-state index is -0.204. The van der Waals surface area contributed by atoms with Gasteiger partial charge in [-0.25, -0.2) is 4.98 Å². The predicted octanol–water partition coefficient (Wildman–Crippen LogP) is 2.35. The van der Waals surface area contributed by atoms with Crippen molar-refractivity contribution in [2.75, 3.05) is 0 Å². The van der Waals surface area contributed by atoms with E-state index in [9.17, 15) is 9.59 Å². The average molecular weight is 352 g/mol. The van der Waals surface area contributed by atoms with Crippen molar-refractivity contribution in [2.45, 2.75) is 58.2 Å². The topological polar surface area (TPSA) is 76.0 Å². The van der Waals surface area contributed by atoms with Crippen LogP contribution in [0.25, 0.3) is 0 Å². The van der Waals surface area contributed by atoms with Crippen LogP contribution in [0.1, 0.15) is 63.6 Å². The molecule has 1 aromatic carbocycles. The molecule has 6 nitrogen and oxygen atoms in total. The molecule has 2 aliphatic rings. The van der Waals surface area contributed by atoms with E-state index in [2.05, 4.69) is 15.6 Å². The highest BCUT2D eigenvalue weighted by atomic mass is 16.2. The van der Waals surface area contributed by atoms with Crippen molar-refractivity contribution >= 4 is 11.8 Å². The largest absolute Gasteiger partial charge is 0.347 e. The average Bonchev–Trinajstić information content (AvgIpc) is 3.37. The number of aryl methyl sites for hydroxylation is 1. The summed E-state index contributed by atoms with van der Waals surface area (Å²) in [6, 6.07) is 8.26. The molecule has 2 amide bonds. The van der Waals surface area contributed by atoms with Crippen LogP contribution >= 0.6 is 0 Å². The molecule has 1 aromatic heterocycles. The van der Waals surface area contributed by atoms with Crippen molar-refractivity contribution in [2.24, 2.45) is 0 Å². The minimum absolute atomic E-state index is 0.159. The Morgan fingerprint density at radius 3 is 2.77 bits per heavy atom. The summed E-state index contributed by atoms with van der Waals surface area (Å²) in [6.45, 7) is 3.24. The Hall–Kier alpha value is -2.63. The van der Waals surface area contributed by atoms with Crippen LogP contribution in [0.4, 0.5) is 0 Å². The number of hydrogen-bond donors (Lipinski definition) is 2. The van der Waals surface area contributed by atoms with Crippen LogP contribution in [0.3, 0.4) is 0 Å². The van der Waals surface area contributed by atoms with Gasteiger partial charge in [0, 0.05) is 19.1 Å². The van der Waals surface area contributed by atoms with Gasteiger partial charge < -0.3 is 15.2 Å². The third-order valence-electron chi connectivity index (χ3n) is 5.15. The highest BCUT2D eigenvalue weighted by molar-refractivity contribution is 5.97. The van der Waals surface area contributed by atoms with Gasteiger partial charge in [0.1, 0.15) is 5.69 Å². The Labute approximate surface area is 153 Å². The lowest BCUT2D eigenvalue weighted by Crippen LogP contribution is -2.29. The van der Waals surface area contributed by atoms with Crippen molar-refractivity contribution in [1.29, 1.82) is 0 Å². The molecular formula is C20H24N4O2. The maximum absolute atomic E-state index is 12.8. The fourth-order valence-electron chi connectivity index (χ4n) is 3.44. The summed E-state index contributed by atoms with van der Waals surface area (Å²) in [5.41, 5.74) is 3.52. The van der Waals surface area contributed by atoms with Gasteiger partial charge in [-0.15, -0.1) is 0 Å². The second-order valence-electron chi connectivity index (χ2n) is 7.20. The Morgan fingerprint density at radius 1 is 1.19 bits per heavy atom. The van der Waals surface area contributed by atoms with E-state index in [1.807, 2.05) is 35.8 Å². The molecule has 2 aromatic rings. The van der Waals surface area contributed by atoms with E-state index in [0.29, 0.717) is 18.1 Å². The number of aromatic nitrogens is 2. The van der Waals surface area contributed by atoms with Crippen molar-refractivity contribution in [3.63, 3.8) is 0 Å². The van der Waals surface area contributed by atoms with Gasteiger partial charge in [-0.3, -0.25) is 9.59 Å². The number of fused-ring (bicyclic) bond motifs is 1. The monoisotopic (exact) mass is 352 g/mol. The van der Waals surface area contributed by atoms with E-state index in [1.54, 1.807) is 0 Å². The number of carbonyl (C=O) groups excluding carboxylic acids is 2. The van der Waals surface area contributed by atoms with Crippen LogP contribution in [0.15, 0.2) is 24.3 Å². The number of hydrogen-bond acceptors (Lipinski definition) is 3. The summed E-state index contributed by atoms with van der Waals surface area (Å²) < 4.78 is 1.93. The Kier molecular flexibility index (Phi) is 4.49. The summed E-state index contributed by atoms with van der Waals surface area (Å²) in [5, 5.41) is 5.95. The van der Waals surface area contributed by atoms with Gasteiger partial charge in [0.25, 0.3) is 11.8 Å². The number of nitrogens with zero attached hydrogens (tertiary/aromatic N) is 2. The standard InChI is InChI=1S/C20H24N4O2/c1-13-6-2-3-7-14(13)12-21-19(25)17-16-8-4-5-11-24(16)18(23-17)20(26)22-15-9-10-15/h2-3,6-7,15H,4-5,8-12H2,1H3,(H,21,25)(H,22,26). The number of carbonyl (C=O) groups is 2. The zero-order chi connectivity index (χ0) is 18.1. The highest BCUT2D eigenvalue weighted by Gasteiger charge is 2.30. The van der Waals surface area contributed by atoms with Gasteiger partial charge >= 0.3 is 0 Å². The molecule has 136 valence electrons. The lowest BCUT2D eigenvalue weighted by molar-refractivity contribution is 0.0935. The highest BCUT2D eigenvalue weighted by Crippen LogP contribution is 2.23. The number of benzene rings is 1. The van der Waals surface area contributed by atoms with Crippen molar-refractivity contribution in [3.8, 4) is 0 Å². The first-order valence-corrected chi connectivity index (χ1v) is 9.36. The Morgan fingerprint density at radius 2 is 2.00 bits per heavy atom.